The van der Waals surface area contributed by atoms with Crippen molar-refractivity contribution in [2.75, 3.05) is 19.6 Å². The molecule has 14 nitrogen and oxygen atoms in total. The van der Waals surface area contributed by atoms with E-state index in [-0.39, 0.29) is 18.8 Å². The van der Waals surface area contributed by atoms with Gasteiger partial charge in [0.15, 0.2) is 0 Å². The fourth-order valence-corrected chi connectivity index (χ4v) is 3.12. The lowest BCUT2D eigenvalue weighted by Crippen LogP contribution is -2.50. The van der Waals surface area contributed by atoms with Gasteiger partial charge in [-0.1, -0.05) is 12.1 Å². The van der Waals surface area contributed by atoms with Crippen LogP contribution in [0.2, 0.25) is 0 Å². The molecule has 0 unspecified atom stereocenters. The predicted molar refractivity (Wildman–Crippen MR) is 118 cm³/mol. The van der Waals surface area contributed by atoms with E-state index in [0.29, 0.717) is 5.56 Å². The lowest BCUT2D eigenvalue weighted by Gasteiger charge is -2.27. The molecule has 0 saturated heterocycles. The fraction of sp³-hybridized carbons (Fsp3) is 0.450. The Labute approximate surface area is 200 Å². The van der Waals surface area contributed by atoms with Crippen LogP contribution in [0, 0.1) is 0 Å². The number of aliphatic carboxylic acids is 1. The molecule has 0 aliphatic carbocycles. The van der Waals surface area contributed by atoms with E-state index in [2.05, 4.69) is 9.84 Å². The molecule has 1 rings (SSSR count). The van der Waals surface area contributed by atoms with E-state index in [1.54, 1.807) is 0 Å². The van der Waals surface area contributed by atoms with Gasteiger partial charge in [-0.3, -0.25) is 33.8 Å². The number of hydrogen-bond donors (Lipinski definition) is 5. The highest BCUT2D eigenvalue weighted by atomic mass is 31.2. The molecule has 0 heterocycles. The van der Waals surface area contributed by atoms with Crippen molar-refractivity contribution >= 4 is 37.8 Å². The maximum Gasteiger partial charge on any atom is 0.524 e. The molecule has 0 bridgehead atoms. The van der Waals surface area contributed by atoms with Gasteiger partial charge in [-0.15, -0.1) is 0 Å². The molecule has 2 atom stereocenters. The second-order valence-corrected chi connectivity index (χ2v) is 8.63. The number of phosphoric ester groups is 1. The molecule has 1 aromatic rings. The van der Waals surface area contributed by atoms with Crippen molar-refractivity contribution in [1.29, 1.82) is 0 Å². The van der Waals surface area contributed by atoms with Crippen LogP contribution < -0.4 is 9.84 Å². The number of amides is 3. The van der Waals surface area contributed by atoms with Crippen molar-refractivity contribution in [1.82, 2.24) is 15.1 Å². The van der Waals surface area contributed by atoms with Gasteiger partial charge in [-0.05, 0) is 24.6 Å². The summed E-state index contributed by atoms with van der Waals surface area (Å²) in [5.41, 5.74) is 0.488. The van der Waals surface area contributed by atoms with E-state index >= 15 is 0 Å². The molecule has 15 heteroatoms. The van der Waals surface area contributed by atoms with Crippen molar-refractivity contribution in [3.8, 4) is 5.75 Å². The number of nitrogens with zero attached hydrogens (tertiary/aromatic N) is 2. The summed E-state index contributed by atoms with van der Waals surface area (Å²) < 4.78 is 15.3. The van der Waals surface area contributed by atoms with Crippen molar-refractivity contribution in [3.63, 3.8) is 0 Å². The lowest BCUT2D eigenvalue weighted by atomic mass is 10.2. The molecule has 5 N–H and O–H groups in total. The molecule has 1 radical (unpaired) electrons. The first kappa shape index (κ1) is 29.7. The summed E-state index contributed by atoms with van der Waals surface area (Å²) in [6.07, 6.45) is -0.289. The molecule has 0 fully saturated rings. The number of carboxylic acid groups (broad SMARTS) is 1. The molecule has 0 aliphatic heterocycles. The van der Waals surface area contributed by atoms with E-state index in [4.69, 9.17) is 14.9 Å². The third kappa shape index (κ3) is 11.6. The lowest BCUT2D eigenvalue weighted by molar-refractivity contribution is -0.143. The molecule has 0 spiro atoms. The topological polar surface area (TPSA) is 211 Å². The minimum absolute atomic E-state index is 0.0829. The van der Waals surface area contributed by atoms with Crippen LogP contribution in [0.3, 0.4) is 0 Å². The number of carboxylic acids is 1. The Morgan fingerprint density at radius 3 is 2.17 bits per heavy atom. The highest BCUT2D eigenvalue weighted by Crippen LogP contribution is 2.37. The van der Waals surface area contributed by atoms with E-state index in [1.165, 1.54) is 44.4 Å². The Hall–Kier alpha value is -3.32. The number of carbonyl (C=O) groups excluding carboxylic acids is 4. The molecule has 193 valence electrons. The van der Waals surface area contributed by atoms with Gasteiger partial charge in [0.25, 0.3) is 0 Å². The van der Waals surface area contributed by atoms with Gasteiger partial charge in [0.05, 0.1) is 19.1 Å². The number of carbonyl (C=O) groups is 4. The first-order valence-electron chi connectivity index (χ1n) is 10.2. The van der Waals surface area contributed by atoms with Crippen LogP contribution in [0.15, 0.2) is 24.3 Å². The summed E-state index contributed by atoms with van der Waals surface area (Å²) in [6, 6.07) is 4.03. The van der Waals surface area contributed by atoms with Gasteiger partial charge in [-0.25, -0.2) is 4.57 Å². The van der Waals surface area contributed by atoms with Gasteiger partial charge in [-0.2, -0.15) is 0 Å². The van der Waals surface area contributed by atoms with Crippen LogP contribution in [0.4, 0.5) is 0 Å². The monoisotopic (exact) mass is 516 g/mol. The first-order chi connectivity index (χ1) is 16.2. The number of benzene rings is 1. The third-order valence-corrected chi connectivity index (χ3v) is 4.95. The summed E-state index contributed by atoms with van der Waals surface area (Å²) in [5.74, 6) is -3.44. The predicted octanol–water partition coefficient (Wildman–Crippen LogP) is -1.21. The number of rotatable bonds is 14. The number of nitrogens with one attached hydrogen (secondary N) is 1. The summed E-state index contributed by atoms with van der Waals surface area (Å²) in [5, 5.41) is 20.6. The normalized spacial score (nSPS) is 12.7. The molecular formula is C20H27N3O11P. The first-order valence-corrected chi connectivity index (χ1v) is 11.7. The maximum absolute atomic E-state index is 12.8. The van der Waals surface area contributed by atoms with Crippen LogP contribution in [0.1, 0.15) is 25.8 Å². The molecule has 0 aliphatic rings. The molecule has 0 saturated carbocycles. The molecular weight excluding hydrogens is 489 g/mol. The largest absolute Gasteiger partial charge is 0.524 e. The highest BCUT2D eigenvalue weighted by Gasteiger charge is 2.25. The number of aliphatic hydroxyl groups is 1. The van der Waals surface area contributed by atoms with Gasteiger partial charge < -0.3 is 29.9 Å². The zero-order valence-corrected chi connectivity index (χ0v) is 19.9. The van der Waals surface area contributed by atoms with Crippen molar-refractivity contribution < 1.29 is 53.1 Å². The van der Waals surface area contributed by atoms with Crippen molar-refractivity contribution in [2.24, 2.45) is 0 Å². The van der Waals surface area contributed by atoms with Crippen LogP contribution in [-0.2, 0) is 35.1 Å². The second-order valence-electron chi connectivity index (χ2n) is 7.46. The minimum atomic E-state index is -4.74. The van der Waals surface area contributed by atoms with E-state index in [1.807, 2.05) is 0 Å². The Bertz CT molecular complexity index is 962. The summed E-state index contributed by atoms with van der Waals surface area (Å²) in [6.45, 7) is 0.866. The summed E-state index contributed by atoms with van der Waals surface area (Å²) >= 11 is 0. The van der Waals surface area contributed by atoms with Gasteiger partial charge in [0.2, 0.25) is 24.0 Å². The quantitative estimate of drug-likeness (QED) is 0.185. The second kappa shape index (κ2) is 13.5. The highest BCUT2D eigenvalue weighted by molar-refractivity contribution is 7.46. The van der Waals surface area contributed by atoms with Crippen molar-refractivity contribution in [2.45, 2.75) is 39.0 Å². The molecule has 1 aromatic carbocycles. The Kier molecular flexibility index (Phi) is 11.5. The van der Waals surface area contributed by atoms with Gasteiger partial charge in [0.1, 0.15) is 18.3 Å². The van der Waals surface area contributed by atoms with E-state index in [0.717, 1.165) is 9.80 Å². The fourth-order valence-electron chi connectivity index (χ4n) is 2.72. The SMILES string of the molecule is CC(=O)N(CC(=O)N(CCC(=O)O)CC(=O)N[C@H]([C]=O)[C@@H](C)O)Cc1ccc(OP(=O)(O)O)cc1. The molecule has 35 heavy (non-hydrogen) atoms. The van der Waals surface area contributed by atoms with E-state index < -0.39 is 63.2 Å². The Balaban J connectivity index is 2.93. The Morgan fingerprint density at radius 1 is 1.11 bits per heavy atom. The number of aliphatic hydroxyl groups excluding tert-OH is 1. The standard InChI is InChI=1S/C20H27N3O11P/c1-13(25)17(12-24)21-18(27)10-22(8-7-20(29)30)19(28)11-23(14(2)26)9-15-3-5-16(6-4-15)34-35(31,32)33/h3-6,13,17,25H,7-11H2,1-2H3,(H,21,27)(H,29,30)(H2,31,32,33)/t13-,17-/m1/s1. The van der Waals surface area contributed by atoms with Crippen LogP contribution in [0.25, 0.3) is 0 Å². The average molecular weight is 516 g/mol. The summed E-state index contributed by atoms with van der Waals surface area (Å²) in [7, 11) is -4.74. The maximum atomic E-state index is 12.8. The van der Waals surface area contributed by atoms with Gasteiger partial charge in [0, 0.05) is 20.0 Å². The smallest absolute Gasteiger partial charge is 0.481 e. The number of hydrogen-bond acceptors (Lipinski definition) is 8. The van der Waals surface area contributed by atoms with Crippen LogP contribution in [-0.4, -0.2) is 91.6 Å². The zero-order valence-electron chi connectivity index (χ0n) is 19.0. The minimum Gasteiger partial charge on any atom is -0.481 e. The molecule has 0 aromatic heterocycles. The Morgan fingerprint density at radius 2 is 1.71 bits per heavy atom. The number of phosphoric acid groups is 1. The van der Waals surface area contributed by atoms with Gasteiger partial charge >= 0.3 is 13.8 Å². The van der Waals surface area contributed by atoms with Crippen molar-refractivity contribution in [3.05, 3.63) is 29.8 Å². The van der Waals surface area contributed by atoms with Crippen LogP contribution >= 0.6 is 7.82 Å². The molecule has 3 amide bonds. The summed E-state index contributed by atoms with van der Waals surface area (Å²) in [4.78, 5) is 78.7. The zero-order chi connectivity index (χ0) is 26.8. The average Bonchev–Trinajstić information content (AvgIpc) is 2.74. The van der Waals surface area contributed by atoms with E-state index in [9.17, 15) is 33.6 Å². The third-order valence-electron chi connectivity index (χ3n) is 4.50. The van der Waals surface area contributed by atoms with Crippen LogP contribution in [0.5, 0.6) is 5.75 Å².